The third kappa shape index (κ3) is 2.01. The molecule has 3 N–H and O–H groups in total. The zero-order chi connectivity index (χ0) is 11.6. The molecule has 1 aromatic heterocycles. The van der Waals surface area contributed by atoms with Crippen molar-refractivity contribution >= 4 is 23.3 Å². The minimum atomic E-state index is -0.405. The highest BCUT2D eigenvalue weighted by Gasteiger charge is 2.42. The third-order valence-corrected chi connectivity index (χ3v) is 3.23. The Kier molecular flexibility index (Phi) is 3.07. The van der Waals surface area contributed by atoms with Gasteiger partial charge in [0, 0.05) is 12.7 Å². The third-order valence-electron chi connectivity index (χ3n) is 3.05. The first-order chi connectivity index (χ1) is 7.66. The first-order valence-electron chi connectivity index (χ1n) is 5.16. The van der Waals surface area contributed by atoms with E-state index in [0.717, 1.165) is 19.3 Å². The molecule has 0 bridgehead atoms. The first kappa shape index (κ1) is 11.3. The van der Waals surface area contributed by atoms with Crippen LogP contribution in [0.25, 0.3) is 0 Å². The summed E-state index contributed by atoms with van der Waals surface area (Å²) in [6.07, 6.45) is 4.23. The second kappa shape index (κ2) is 4.35. The average molecular weight is 241 g/mol. The fraction of sp³-hybridized carbons (Fsp3) is 0.500. The van der Waals surface area contributed by atoms with Gasteiger partial charge >= 0.3 is 0 Å². The Balaban J connectivity index is 2.07. The maximum Gasteiger partial charge on any atom is 0.233 e. The summed E-state index contributed by atoms with van der Waals surface area (Å²) in [5.74, 6) is 0.348. The maximum atomic E-state index is 12.0. The zero-order valence-electron chi connectivity index (χ0n) is 8.74. The molecule has 0 saturated heterocycles. The topological polar surface area (TPSA) is 80.9 Å². The summed E-state index contributed by atoms with van der Waals surface area (Å²) in [4.78, 5) is 19.6. The highest BCUT2D eigenvalue weighted by atomic mass is 35.5. The summed E-state index contributed by atoms with van der Waals surface area (Å²) >= 11 is 5.63. The molecular formula is C10H13ClN4O. The van der Waals surface area contributed by atoms with Crippen molar-refractivity contribution in [1.29, 1.82) is 0 Å². The van der Waals surface area contributed by atoms with E-state index >= 15 is 0 Å². The van der Waals surface area contributed by atoms with E-state index in [4.69, 9.17) is 17.3 Å². The smallest absolute Gasteiger partial charge is 0.233 e. The summed E-state index contributed by atoms with van der Waals surface area (Å²) < 4.78 is 0. The molecule has 0 aromatic carbocycles. The largest absolute Gasteiger partial charge is 0.329 e. The van der Waals surface area contributed by atoms with Gasteiger partial charge in [0.15, 0.2) is 0 Å². The molecule has 86 valence electrons. The van der Waals surface area contributed by atoms with Gasteiger partial charge in [-0.2, -0.15) is 0 Å². The lowest BCUT2D eigenvalue weighted by atomic mass is 9.68. The van der Waals surface area contributed by atoms with Crippen molar-refractivity contribution in [3.63, 3.8) is 0 Å². The fourth-order valence-electron chi connectivity index (χ4n) is 1.78. The normalized spacial score (nSPS) is 17.6. The van der Waals surface area contributed by atoms with Crippen LogP contribution in [0.4, 0.5) is 5.82 Å². The number of rotatable bonds is 3. The predicted octanol–water partition coefficient (Wildman–Crippen LogP) is 1.20. The van der Waals surface area contributed by atoms with Crippen LogP contribution in [0, 0.1) is 5.41 Å². The molecule has 2 rings (SSSR count). The first-order valence-corrected chi connectivity index (χ1v) is 5.54. The number of nitrogens with two attached hydrogens (primary N) is 1. The van der Waals surface area contributed by atoms with E-state index in [1.54, 1.807) is 6.07 Å². The van der Waals surface area contributed by atoms with E-state index in [1.807, 2.05) is 0 Å². The summed E-state index contributed by atoms with van der Waals surface area (Å²) in [6, 6.07) is 1.60. The van der Waals surface area contributed by atoms with E-state index in [0.29, 0.717) is 12.4 Å². The van der Waals surface area contributed by atoms with Crippen molar-refractivity contribution in [3.05, 3.63) is 17.5 Å². The van der Waals surface area contributed by atoms with Crippen molar-refractivity contribution < 1.29 is 4.79 Å². The van der Waals surface area contributed by atoms with Crippen molar-refractivity contribution in [2.45, 2.75) is 19.3 Å². The van der Waals surface area contributed by atoms with Gasteiger partial charge in [-0.3, -0.25) is 4.79 Å². The number of nitrogens with zero attached hydrogens (tertiary/aromatic N) is 2. The molecule has 1 fully saturated rings. The molecule has 1 saturated carbocycles. The summed E-state index contributed by atoms with van der Waals surface area (Å²) in [5.41, 5.74) is 5.23. The monoisotopic (exact) mass is 240 g/mol. The molecule has 0 atom stereocenters. The van der Waals surface area contributed by atoms with Crippen LogP contribution < -0.4 is 11.1 Å². The molecule has 6 heteroatoms. The second-order valence-corrected chi connectivity index (χ2v) is 4.34. The number of nitrogens with one attached hydrogen (secondary N) is 1. The lowest BCUT2D eigenvalue weighted by Gasteiger charge is -2.38. The molecule has 0 aliphatic heterocycles. The quantitative estimate of drug-likeness (QED) is 0.778. The Morgan fingerprint density at radius 2 is 2.38 bits per heavy atom. The maximum absolute atomic E-state index is 12.0. The Bertz CT molecular complexity index is 400. The average Bonchev–Trinajstić information content (AvgIpc) is 2.16. The van der Waals surface area contributed by atoms with Gasteiger partial charge in [-0.1, -0.05) is 6.42 Å². The highest BCUT2D eigenvalue weighted by molar-refractivity contribution is 6.28. The molecule has 0 unspecified atom stereocenters. The van der Waals surface area contributed by atoms with Gasteiger partial charge < -0.3 is 11.1 Å². The SMILES string of the molecule is NCC1(C(=O)Nc2ccnc(Cl)n2)CCC1. The number of carbonyl (C=O) groups is 1. The molecule has 1 amide bonds. The molecule has 1 aliphatic rings. The highest BCUT2D eigenvalue weighted by Crippen LogP contribution is 2.40. The number of hydrogen-bond acceptors (Lipinski definition) is 4. The van der Waals surface area contributed by atoms with Crippen LogP contribution in [-0.4, -0.2) is 22.4 Å². The Hall–Kier alpha value is -1.20. The molecule has 1 aliphatic carbocycles. The molecule has 0 spiro atoms. The van der Waals surface area contributed by atoms with Crippen LogP contribution in [0.3, 0.4) is 0 Å². The van der Waals surface area contributed by atoms with Gasteiger partial charge in [0.1, 0.15) is 5.82 Å². The Labute approximate surface area is 98.4 Å². The van der Waals surface area contributed by atoms with Crippen LogP contribution in [0.5, 0.6) is 0 Å². The fourth-order valence-corrected chi connectivity index (χ4v) is 1.93. The molecule has 1 heterocycles. The van der Waals surface area contributed by atoms with Gasteiger partial charge in [0.25, 0.3) is 0 Å². The van der Waals surface area contributed by atoms with Gasteiger partial charge in [-0.15, -0.1) is 0 Å². The van der Waals surface area contributed by atoms with Gasteiger partial charge in [0.2, 0.25) is 11.2 Å². The van der Waals surface area contributed by atoms with E-state index < -0.39 is 5.41 Å². The van der Waals surface area contributed by atoms with Gasteiger partial charge in [-0.05, 0) is 30.5 Å². The molecule has 5 nitrogen and oxygen atoms in total. The molecule has 0 radical (unpaired) electrons. The summed E-state index contributed by atoms with van der Waals surface area (Å²) in [5, 5.41) is 2.84. The lowest BCUT2D eigenvalue weighted by Crippen LogP contribution is -2.47. The van der Waals surface area contributed by atoms with Crippen LogP contribution in [-0.2, 0) is 4.79 Å². The van der Waals surface area contributed by atoms with E-state index in [9.17, 15) is 4.79 Å². The number of aromatic nitrogens is 2. The number of amides is 1. The van der Waals surface area contributed by atoms with Crippen LogP contribution >= 0.6 is 11.6 Å². The number of halogens is 1. The minimum Gasteiger partial charge on any atom is -0.329 e. The van der Waals surface area contributed by atoms with Crippen LogP contribution in [0.15, 0.2) is 12.3 Å². The molecule has 16 heavy (non-hydrogen) atoms. The van der Waals surface area contributed by atoms with Crippen molar-refractivity contribution in [2.24, 2.45) is 11.1 Å². The Morgan fingerprint density at radius 3 is 2.88 bits per heavy atom. The standard InChI is InChI=1S/C10H13ClN4O/c11-9-13-5-2-7(15-9)14-8(16)10(6-12)3-1-4-10/h2,5H,1,3-4,6,12H2,(H,13,14,15,16). The van der Waals surface area contributed by atoms with Gasteiger partial charge in [0.05, 0.1) is 5.41 Å². The number of hydrogen-bond donors (Lipinski definition) is 2. The van der Waals surface area contributed by atoms with Crippen LogP contribution in [0.2, 0.25) is 5.28 Å². The van der Waals surface area contributed by atoms with E-state index in [1.165, 1.54) is 6.20 Å². The predicted molar refractivity (Wildman–Crippen MR) is 61.0 cm³/mol. The molecule has 1 aromatic rings. The number of carbonyl (C=O) groups excluding carboxylic acids is 1. The van der Waals surface area contributed by atoms with Gasteiger partial charge in [-0.25, -0.2) is 9.97 Å². The van der Waals surface area contributed by atoms with Crippen molar-refractivity contribution in [3.8, 4) is 0 Å². The van der Waals surface area contributed by atoms with Crippen LogP contribution in [0.1, 0.15) is 19.3 Å². The molecular weight excluding hydrogens is 228 g/mol. The van der Waals surface area contributed by atoms with Crippen molar-refractivity contribution in [1.82, 2.24) is 9.97 Å². The van der Waals surface area contributed by atoms with E-state index in [2.05, 4.69) is 15.3 Å². The second-order valence-electron chi connectivity index (χ2n) is 4.00. The summed E-state index contributed by atoms with van der Waals surface area (Å²) in [7, 11) is 0. The van der Waals surface area contributed by atoms with Crippen molar-refractivity contribution in [2.75, 3.05) is 11.9 Å². The lowest BCUT2D eigenvalue weighted by molar-refractivity contribution is -0.129. The Morgan fingerprint density at radius 1 is 1.62 bits per heavy atom. The number of anilines is 1. The zero-order valence-corrected chi connectivity index (χ0v) is 9.50. The van der Waals surface area contributed by atoms with E-state index in [-0.39, 0.29) is 11.2 Å². The summed E-state index contributed by atoms with van der Waals surface area (Å²) in [6.45, 7) is 0.373. The minimum absolute atomic E-state index is 0.0731.